The molecule has 20 heavy (non-hydrogen) atoms. The summed E-state index contributed by atoms with van der Waals surface area (Å²) in [6, 6.07) is 6.77. The number of carbonyl (C=O) groups is 1. The number of hydrogen-bond acceptors (Lipinski definition) is 4. The second-order valence-electron chi connectivity index (χ2n) is 5.21. The smallest absolute Gasteiger partial charge is 0.345 e. The van der Waals surface area contributed by atoms with Gasteiger partial charge in [-0.25, -0.2) is 4.79 Å². The normalized spacial score (nSPS) is 14.9. The number of carboxylic acids is 1. The van der Waals surface area contributed by atoms with E-state index in [4.69, 9.17) is 5.11 Å². The number of aryl methyl sites for hydroxylation is 1. The van der Waals surface area contributed by atoms with Crippen molar-refractivity contribution in [2.75, 3.05) is 0 Å². The van der Waals surface area contributed by atoms with E-state index in [9.17, 15) is 4.79 Å². The van der Waals surface area contributed by atoms with Crippen molar-refractivity contribution in [2.45, 2.75) is 38.9 Å². The summed E-state index contributed by atoms with van der Waals surface area (Å²) in [6.45, 7) is 3.85. The third-order valence-corrected chi connectivity index (χ3v) is 5.55. The quantitative estimate of drug-likeness (QED) is 0.877. The average molecular weight is 307 g/mol. The minimum Gasteiger partial charge on any atom is -0.477 e. The predicted octanol–water partition coefficient (Wildman–Crippen LogP) is 3.98. The van der Waals surface area contributed by atoms with Crippen molar-refractivity contribution in [1.82, 2.24) is 4.90 Å². The molecule has 3 nitrogen and oxygen atoms in total. The van der Waals surface area contributed by atoms with Crippen LogP contribution < -0.4 is 0 Å². The lowest BCUT2D eigenvalue weighted by Crippen LogP contribution is -2.24. The molecule has 0 amide bonds. The van der Waals surface area contributed by atoms with E-state index in [-0.39, 0.29) is 0 Å². The van der Waals surface area contributed by atoms with E-state index < -0.39 is 5.97 Å². The first-order valence-corrected chi connectivity index (χ1v) is 8.42. The Bertz CT molecular complexity index is 599. The SMILES string of the molecule is Cc1sc(C(=O)O)cc1CN(Cc1cccs1)C1CC1. The molecule has 0 aliphatic heterocycles. The van der Waals surface area contributed by atoms with Gasteiger partial charge in [0.2, 0.25) is 0 Å². The average Bonchev–Trinajstić information content (AvgIpc) is 3.01. The number of carboxylic acid groups (broad SMARTS) is 1. The summed E-state index contributed by atoms with van der Waals surface area (Å²) in [5.74, 6) is -0.819. The van der Waals surface area contributed by atoms with E-state index in [2.05, 4.69) is 22.4 Å². The van der Waals surface area contributed by atoms with E-state index in [1.807, 2.05) is 13.0 Å². The molecule has 0 saturated heterocycles. The fourth-order valence-corrected chi connectivity index (χ4v) is 3.96. The van der Waals surface area contributed by atoms with Crippen LogP contribution in [0, 0.1) is 6.92 Å². The van der Waals surface area contributed by atoms with Crippen LogP contribution in [0.1, 0.15) is 37.8 Å². The van der Waals surface area contributed by atoms with Crippen LogP contribution in [0.2, 0.25) is 0 Å². The molecule has 0 radical (unpaired) electrons. The highest BCUT2D eigenvalue weighted by Gasteiger charge is 2.29. The van der Waals surface area contributed by atoms with Crippen molar-refractivity contribution in [3.8, 4) is 0 Å². The molecule has 2 aromatic heterocycles. The summed E-state index contributed by atoms with van der Waals surface area (Å²) in [7, 11) is 0. The van der Waals surface area contributed by atoms with Gasteiger partial charge >= 0.3 is 5.97 Å². The maximum absolute atomic E-state index is 11.1. The van der Waals surface area contributed by atoms with Crippen molar-refractivity contribution in [3.05, 3.63) is 43.8 Å². The molecule has 0 atom stereocenters. The monoisotopic (exact) mass is 307 g/mol. The Morgan fingerprint density at radius 3 is 2.80 bits per heavy atom. The first kappa shape index (κ1) is 13.8. The Kier molecular flexibility index (Phi) is 3.92. The molecule has 1 aliphatic carbocycles. The van der Waals surface area contributed by atoms with Crippen molar-refractivity contribution in [1.29, 1.82) is 0 Å². The molecule has 0 aromatic carbocycles. The topological polar surface area (TPSA) is 40.5 Å². The molecule has 1 fully saturated rings. The lowest BCUT2D eigenvalue weighted by Gasteiger charge is -2.21. The maximum Gasteiger partial charge on any atom is 0.345 e. The molecule has 2 aromatic rings. The van der Waals surface area contributed by atoms with Crippen molar-refractivity contribution >= 4 is 28.6 Å². The van der Waals surface area contributed by atoms with Gasteiger partial charge in [0.25, 0.3) is 0 Å². The van der Waals surface area contributed by atoms with Crippen molar-refractivity contribution in [2.24, 2.45) is 0 Å². The molecule has 0 unspecified atom stereocenters. The zero-order chi connectivity index (χ0) is 14.1. The largest absolute Gasteiger partial charge is 0.477 e. The van der Waals surface area contributed by atoms with E-state index in [0.717, 1.165) is 23.5 Å². The fourth-order valence-electron chi connectivity index (χ4n) is 2.36. The molecular formula is C15H17NO2S2. The van der Waals surface area contributed by atoms with Crippen LogP contribution in [-0.2, 0) is 13.1 Å². The molecule has 1 saturated carbocycles. The minimum atomic E-state index is -0.819. The van der Waals surface area contributed by atoms with Crippen molar-refractivity contribution in [3.63, 3.8) is 0 Å². The number of nitrogens with zero attached hydrogens (tertiary/aromatic N) is 1. The fraction of sp³-hybridized carbons (Fsp3) is 0.400. The van der Waals surface area contributed by atoms with Gasteiger partial charge in [-0.2, -0.15) is 0 Å². The summed E-state index contributed by atoms with van der Waals surface area (Å²) in [5.41, 5.74) is 1.16. The van der Waals surface area contributed by atoms with Gasteiger partial charge < -0.3 is 5.11 Å². The number of aromatic carboxylic acids is 1. The predicted molar refractivity (Wildman–Crippen MR) is 82.6 cm³/mol. The van der Waals surface area contributed by atoms with Crippen LogP contribution in [0.25, 0.3) is 0 Å². The van der Waals surface area contributed by atoms with Crippen LogP contribution in [0.5, 0.6) is 0 Å². The van der Waals surface area contributed by atoms with Crippen LogP contribution >= 0.6 is 22.7 Å². The molecule has 2 heterocycles. The Hall–Kier alpha value is -1.17. The summed E-state index contributed by atoms with van der Waals surface area (Å²) in [5, 5.41) is 11.2. The second kappa shape index (κ2) is 5.68. The molecule has 106 valence electrons. The van der Waals surface area contributed by atoms with Gasteiger partial charge in [-0.05, 0) is 42.8 Å². The van der Waals surface area contributed by atoms with Crippen LogP contribution in [0.15, 0.2) is 23.6 Å². The van der Waals surface area contributed by atoms with Gasteiger partial charge in [0, 0.05) is 28.9 Å². The summed E-state index contributed by atoms with van der Waals surface area (Å²) < 4.78 is 0. The minimum absolute atomic E-state index is 0.448. The molecule has 0 bridgehead atoms. The molecule has 1 N–H and O–H groups in total. The summed E-state index contributed by atoms with van der Waals surface area (Å²) in [4.78, 5) is 16.5. The summed E-state index contributed by atoms with van der Waals surface area (Å²) >= 11 is 3.17. The lowest BCUT2D eigenvalue weighted by molar-refractivity contribution is 0.0702. The number of hydrogen-bond donors (Lipinski definition) is 1. The highest BCUT2D eigenvalue weighted by atomic mass is 32.1. The first-order chi connectivity index (χ1) is 9.63. The Morgan fingerprint density at radius 1 is 1.45 bits per heavy atom. The molecule has 1 aliphatic rings. The van der Waals surface area contributed by atoms with Gasteiger partial charge in [0.15, 0.2) is 0 Å². The van der Waals surface area contributed by atoms with E-state index in [1.54, 1.807) is 11.3 Å². The zero-order valence-electron chi connectivity index (χ0n) is 11.3. The lowest BCUT2D eigenvalue weighted by atomic mass is 10.2. The number of thiophene rings is 2. The molecule has 5 heteroatoms. The van der Waals surface area contributed by atoms with Gasteiger partial charge in [-0.3, -0.25) is 4.90 Å². The summed E-state index contributed by atoms with van der Waals surface area (Å²) in [6.07, 6.45) is 2.53. The van der Waals surface area contributed by atoms with Crippen LogP contribution in [0.3, 0.4) is 0 Å². The van der Waals surface area contributed by atoms with E-state index in [0.29, 0.717) is 10.9 Å². The highest BCUT2D eigenvalue weighted by molar-refractivity contribution is 7.14. The molecule has 0 spiro atoms. The van der Waals surface area contributed by atoms with Crippen LogP contribution in [-0.4, -0.2) is 22.0 Å². The first-order valence-electron chi connectivity index (χ1n) is 6.72. The van der Waals surface area contributed by atoms with Gasteiger partial charge in [0.05, 0.1) is 0 Å². The van der Waals surface area contributed by atoms with Crippen molar-refractivity contribution < 1.29 is 9.90 Å². The maximum atomic E-state index is 11.1. The molecular weight excluding hydrogens is 290 g/mol. The van der Waals surface area contributed by atoms with E-state index in [1.165, 1.54) is 29.1 Å². The third-order valence-electron chi connectivity index (χ3n) is 3.61. The standard InChI is InChI=1S/C15H17NO2S2/c1-10-11(7-14(20-10)15(17)18)8-16(12-4-5-12)9-13-3-2-6-19-13/h2-3,6-7,12H,4-5,8-9H2,1H3,(H,17,18). The van der Waals surface area contributed by atoms with Gasteiger partial charge in [-0.1, -0.05) is 6.07 Å². The Balaban J connectivity index is 1.74. The van der Waals surface area contributed by atoms with E-state index >= 15 is 0 Å². The van der Waals surface area contributed by atoms with Gasteiger partial charge in [-0.15, -0.1) is 22.7 Å². The van der Waals surface area contributed by atoms with Crippen LogP contribution in [0.4, 0.5) is 0 Å². The van der Waals surface area contributed by atoms with Gasteiger partial charge in [0.1, 0.15) is 4.88 Å². The second-order valence-corrected chi connectivity index (χ2v) is 7.50. The Labute approximate surface area is 126 Å². The Morgan fingerprint density at radius 2 is 2.25 bits per heavy atom. The zero-order valence-corrected chi connectivity index (χ0v) is 13.0. The number of rotatable bonds is 6. The highest BCUT2D eigenvalue weighted by Crippen LogP contribution is 2.32. The third kappa shape index (κ3) is 3.11. The molecule has 3 rings (SSSR count).